The van der Waals surface area contributed by atoms with Crippen molar-refractivity contribution in [2.45, 2.75) is 32.4 Å². The number of nitrogens with zero attached hydrogens (tertiary/aromatic N) is 1. The van der Waals surface area contributed by atoms with E-state index in [1.54, 1.807) is 41.3 Å². The molecule has 1 aliphatic rings. The van der Waals surface area contributed by atoms with Crippen molar-refractivity contribution in [3.63, 3.8) is 0 Å². The van der Waals surface area contributed by atoms with Crippen LogP contribution in [0.3, 0.4) is 0 Å². The molecule has 0 saturated heterocycles. The maximum Gasteiger partial charge on any atom is 0.261 e. The summed E-state index contributed by atoms with van der Waals surface area (Å²) in [5, 5.41) is 0. The van der Waals surface area contributed by atoms with Crippen molar-refractivity contribution in [1.29, 1.82) is 0 Å². The molecule has 130 valence electrons. The van der Waals surface area contributed by atoms with Crippen LogP contribution in [-0.2, 0) is 11.3 Å². The van der Waals surface area contributed by atoms with Gasteiger partial charge in [0.05, 0.1) is 0 Å². The molecular weight excluding hydrogens is 321 g/mol. The zero-order chi connectivity index (χ0) is 17.8. The van der Waals surface area contributed by atoms with Gasteiger partial charge < -0.3 is 9.64 Å². The maximum absolute atomic E-state index is 13.0. The summed E-state index contributed by atoms with van der Waals surface area (Å²) in [5.74, 6) is 0.158. The molecule has 4 nitrogen and oxygen atoms in total. The summed E-state index contributed by atoms with van der Waals surface area (Å²) >= 11 is 0. The van der Waals surface area contributed by atoms with Crippen molar-refractivity contribution >= 4 is 11.7 Å². The van der Waals surface area contributed by atoms with E-state index >= 15 is 0 Å². The van der Waals surface area contributed by atoms with E-state index in [1.807, 2.05) is 0 Å². The molecular formula is C20H20FNO3. The molecule has 0 atom stereocenters. The Morgan fingerprint density at radius 1 is 1.08 bits per heavy atom. The number of halogens is 1. The Labute approximate surface area is 146 Å². The second kappa shape index (κ2) is 7.47. The van der Waals surface area contributed by atoms with Crippen LogP contribution in [0.2, 0.25) is 0 Å². The third-order valence-electron chi connectivity index (χ3n) is 4.20. The lowest BCUT2D eigenvalue weighted by atomic mass is 10.1. The van der Waals surface area contributed by atoms with E-state index in [0.29, 0.717) is 17.9 Å². The Bertz CT molecular complexity index is 752. The molecule has 2 aromatic rings. The number of rotatable bonds is 7. The topological polar surface area (TPSA) is 46.6 Å². The zero-order valence-electron chi connectivity index (χ0n) is 14.1. The standard InChI is InChI=1S/C20H20FNO3/c1-14(23)16-4-10-19(11-5-16)25-13-20(24)22(18-8-9-18)12-15-2-6-17(21)7-3-15/h2-7,10-11,18H,8-9,12-13H2,1H3. The van der Waals surface area contributed by atoms with Crippen molar-refractivity contribution in [2.24, 2.45) is 0 Å². The van der Waals surface area contributed by atoms with Crippen molar-refractivity contribution < 1.29 is 18.7 Å². The first kappa shape index (κ1) is 17.1. The summed E-state index contributed by atoms with van der Waals surface area (Å²) in [4.78, 5) is 25.6. The second-order valence-corrected chi connectivity index (χ2v) is 6.25. The number of carbonyl (C=O) groups excluding carboxylic acids is 2. The molecule has 0 unspecified atom stereocenters. The van der Waals surface area contributed by atoms with Crippen LogP contribution in [0, 0.1) is 5.82 Å². The van der Waals surface area contributed by atoms with Crippen LogP contribution in [0.1, 0.15) is 35.7 Å². The van der Waals surface area contributed by atoms with Gasteiger partial charge in [0.25, 0.3) is 5.91 Å². The number of Topliss-reactive ketones (excluding diaryl/α,β-unsaturated/α-hetero) is 1. The number of hydrogen-bond acceptors (Lipinski definition) is 3. The smallest absolute Gasteiger partial charge is 0.261 e. The highest BCUT2D eigenvalue weighted by molar-refractivity contribution is 5.94. The molecule has 1 amide bonds. The van der Waals surface area contributed by atoms with Crippen molar-refractivity contribution in [1.82, 2.24) is 4.90 Å². The molecule has 0 heterocycles. The average Bonchev–Trinajstić information content (AvgIpc) is 3.44. The Kier molecular flexibility index (Phi) is 5.12. The molecule has 0 N–H and O–H groups in total. The molecule has 1 fully saturated rings. The molecule has 3 rings (SSSR count). The van der Waals surface area contributed by atoms with Crippen molar-refractivity contribution in [2.75, 3.05) is 6.61 Å². The fraction of sp³-hybridized carbons (Fsp3) is 0.300. The van der Waals surface area contributed by atoms with E-state index in [1.165, 1.54) is 19.1 Å². The van der Waals surface area contributed by atoms with E-state index < -0.39 is 0 Å². The predicted molar refractivity (Wildman–Crippen MR) is 91.9 cm³/mol. The lowest BCUT2D eigenvalue weighted by Crippen LogP contribution is -2.36. The molecule has 1 aliphatic carbocycles. The summed E-state index contributed by atoms with van der Waals surface area (Å²) in [6, 6.07) is 13.2. The fourth-order valence-electron chi connectivity index (χ4n) is 2.61. The quantitative estimate of drug-likeness (QED) is 0.723. The van der Waals surface area contributed by atoms with E-state index in [-0.39, 0.29) is 30.2 Å². The van der Waals surface area contributed by atoms with Gasteiger partial charge in [0.2, 0.25) is 0 Å². The maximum atomic E-state index is 13.0. The number of benzene rings is 2. The molecule has 0 radical (unpaired) electrons. The van der Waals surface area contributed by atoms with Crippen LogP contribution in [0.25, 0.3) is 0 Å². The van der Waals surface area contributed by atoms with Crippen LogP contribution in [-0.4, -0.2) is 29.2 Å². The number of carbonyl (C=O) groups is 2. The van der Waals surface area contributed by atoms with Gasteiger partial charge in [-0.05, 0) is 61.7 Å². The van der Waals surface area contributed by atoms with Crippen LogP contribution < -0.4 is 4.74 Å². The SMILES string of the molecule is CC(=O)c1ccc(OCC(=O)N(Cc2ccc(F)cc2)C2CC2)cc1. The van der Waals surface area contributed by atoms with Gasteiger partial charge in [-0.3, -0.25) is 9.59 Å². The van der Waals surface area contributed by atoms with Crippen LogP contribution in [0.5, 0.6) is 5.75 Å². The van der Waals surface area contributed by atoms with Crippen molar-refractivity contribution in [3.8, 4) is 5.75 Å². The summed E-state index contributed by atoms with van der Waals surface area (Å²) in [6.45, 7) is 1.90. The number of hydrogen-bond donors (Lipinski definition) is 0. The zero-order valence-corrected chi connectivity index (χ0v) is 14.1. The Morgan fingerprint density at radius 3 is 2.28 bits per heavy atom. The van der Waals surface area contributed by atoms with E-state index in [0.717, 1.165) is 18.4 Å². The first-order valence-electron chi connectivity index (χ1n) is 8.30. The Balaban J connectivity index is 1.59. The van der Waals surface area contributed by atoms with Crippen LogP contribution >= 0.6 is 0 Å². The lowest BCUT2D eigenvalue weighted by molar-refractivity contribution is -0.134. The van der Waals surface area contributed by atoms with E-state index in [2.05, 4.69) is 0 Å². The summed E-state index contributed by atoms with van der Waals surface area (Å²) in [5.41, 5.74) is 1.50. The first-order valence-corrected chi connectivity index (χ1v) is 8.30. The van der Waals surface area contributed by atoms with E-state index in [4.69, 9.17) is 4.74 Å². The van der Waals surface area contributed by atoms with Gasteiger partial charge in [0.15, 0.2) is 12.4 Å². The van der Waals surface area contributed by atoms with Gasteiger partial charge in [-0.25, -0.2) is 4.39 Å². The molecule has 0 aliphatic heterocycles. The van der Waals surface area contributed by atoms with Gasteiger partial charge in [-0.15, -0.1) is 0 Å². The molecule has 2 aromatic carbocycles. The largest absolute Gasteiger partial charge is 0.484 e. The summed E-state index contributed by atoms with van der Waals surface area (Å²) < 4.78 is 18.6. The summed E-state index contributed by atoms with van der Waals surface area (Å²) in [7, 11) is 0. The normalized spacial score (nSPS) is 13.4. The van der Waals surface area contributed by atoms with Gasteiger partial charge in [-0.2, -0.15) is 0 Å². The fourth-order valence-corrected chi connectivity index (χ4v) is 2.61. The van der Waals surface area contributed by atoms with Gasteiger partial charge in [-0.1, -0.05) is 12.1 Å². The minimum atomic E-state index is -0.287. The monoisotopic (exact) mass is 341 g/mol. The number of ether oxygens (including phenoxy) is 1. The second-order valence-electron chi connectivity index (χ2n) is 6.25. The highest BCUT2D eigenvalue weighted by Crippen LogP contribution is 2.28. The molecule has 1 saturated carbocycles. The number of ketones is 1. The van der Waals surface area contributed by atoms with Gasteiger partial charge in [0, 0.05) is 18.2 Å². The highest BCUT2D eigenvalue weighted by atomic mass is 19.1. The van der Waals surface area contributed by atoms with Crippen LogP contribution in [0.4, 0.5) is 4.39 Å². The van der Waals surface area contributed by atoms with E-state index in [9.17, 15) is 14.0 Å². The van der Waals surface area contributed by atoms with Gasteiger partial charge >= 0.3 is 0 Å². The third-order valence-corrected chi connectivity index (χ3v) is 4.20. The Hall–Kier alpha value is -2.69. The minimum Gasteiger partial charge on any atom is -0.484 e. The van der Waals surface area contributed by atoms with Crippen LogP contribution in [0.15, 0.2) is 48.5 Å². The third kappa shape index (κ3) is 4.66. The Morgan fingerprint density at radius 2 is 1.72 bits per heavy atom. The first-order chi connectivity index (χ1) is 12.0. The lowest BCUT2D eigenvalue weighted by Gasteiger charge is -2.22. The molecule has 5 heteroatoms. The summed E-state index contributed by atoms with van der Waals surface area (Å²) in [6.07, 6.45) is 1.97. The molecule has 0 aromatic heterocycles. The molecule has 0 spiro atoms. The predicted octanol–water partition coefficient (Wildman–Crippen LogP) is 3.60. The average molecular weight is 341 g/mol. The molecule has 25 heavy (non-hydrogen) atoms. The highest BCUT2D eigenvalue weighted by Gasteiger charge is 2.32. The van der Waals surface area contributed by atoms with Gasteiger partial charge in [0.1, 0.15) is 11.6 Å². The number of amides is 1. The minimum absolute atomic E-state index is 0.0122. The van der Waals surface area contributed by atoms with Crippen molar-refractivity contribution in [3.05, 3.63) is 65.5 Å². The molecule has 0 bridgehead atoms.